The third kappa shape index (κ3) is 5.55. The van der Waals surface area contributed by atoms with Crippen LogP contribution in [0.2, 0.25) is 5.02 Å². The van der Waals surface area contributed by atoms with Crippen LogP contribution in [0, 0.1) is 0 Å². The van der Waals surface area contributed by atoms with E-state index in [2.05, 4.69) is 15.6 Å². The van der Waals surface area contributed by atoms with E-state index >= 15 is 0 Å². The van der Waals surface area contributed by atoms with Crippen LogP contribution in [0.25, 0.3) is 0 Å². The van der Waals surface area contributed by atoms with Gasteiger partial charge in [-0.3, -0.25) is 14.6 Å². The van der Waals surface area contributed by atoms with E-state index in [-0.39, 0.29) is 11.8 Å². The summed E-state index contributed by atoms with van der Waals surface area (Å²) in [6.45, 7) is 1.73. The minimum Gasteiger partial charge on any atom is -0.341 e. The standard InChI is InChI=1S/C23H24ClN3O2/c1-15(12-19(25-2)13-16-6-4-3-5-7-16)22(28)26-20-11-9-17-8-10-18(24)14-21(17)27-23(20)29/h3-8,10,12,14,20H,9,11,13H2,1-2H3,(H,26,28)(H,27,29)/b15-12+,25-19?/t20-/m0/s1. The highest BCUT2D eigenvalue weighted by Crippen LogP contribution is 2.25. The van der Waals surface area contributed by atoms with E-state index in [4.69, 9.17) is 11.6 Å². The maximum absolute atomic E-state index is 12.7. The van der Waals surface area contributed by atoms with Gasteiger partial charge < -0.3 is 10.6 Å². The van der Waals surface area contributed by atoms with Crippen LogP contribution in [0.4, 0.5) is 5.69 Å². The zero-order valence-electron chi connectivity index (χ0n) is 16.5. The molecule has 1 aliphatic heterocycles. The monoisotopic (exact) mass is 409 g/mol. The highest BCUT2D eigenvalue weighted by Gasteiger charge is 2.25. The Morgan fingerprint density at radius 2 is 2.03 bits per heavy atom. The smallest absolute Gasteiger partial charge is 0.247 e. The number of rotatable bonds is 5. The van der Waals surface area contributed by atoms with Crippen molar-refractivity contribution in [1.29, 1.82) is 0 Å². The minimum absolute atomic E-state index is 0.235. The molecule has 0 fully saturated rings. The second kappa shape index (κ2) is 9.52. The van der Waals surface area contributed by atoms with Gasteiger partial charge in [0.1, 0.15) is 6.04 Å². The van der Waals surface area contributed by atoms with Gasteiger partial charge in [-0.15, -0.1) is 0 Å². The molecular formula is C23H24ClN3O2. The number of anilines is 1. The summed E-state index contributed by atoms with van der Waals surface area (Å²) in [5.41, 5.74) is 4.15. The van der Waals surface area contributed by atoms with Gasteiger partial charge in [0.25, 0.3) is 0 Å². The number of allylic oxidation sites excluding steroid dienone is 1. The number of hydrogen-bond donors (Lipinski definition) is 2. The van der Waals surface area contributed by atoms with Crippen LogP contribution in [0.15, 0.2) is 65.2 Å². The third-order valence-electron chi connectivity index (χ3n) is 4.91. The summed E-state index contributed by atoms with van der Waals surface area (Å²) >= 11 is 6.02. The fraction of sp³-hybridized carbons (Fsp3) is 0.261. The maximum atomic E-state index is 12.7. The zero-order chi connectivity index (χ0) is 20.8. The van der Waals surface area contributed by atoms with Crippen LogP contribution in [0.1, 0.15) is 24.5 Å². The first-order valence-corrected chi connectivity index (χ1v) is 9.92. The lowest BCUT2D eigenvalue weighted by molar-refractivity contribution is -0.124. The van der Waals surface area contributed by atoms with Crippen LogP contribution in [-0.4, -0.2) is 30.6 Å². The maximum Gasteiger partial charge on any atom is 0.247 e. The number of carbonyl (C=O) groups is 2. The van der Waals surface area contributed by atoms with Gasteiger partial charge in [-0.2, -0.15) is 0 Å². The van der Waals surface area contributed by atoms with Crippen LogP contribution in [0.3, 0.4) is 0 Å². The lowest BCUT2D eigenvalue weighted by Gasteiger charge is -2.15. The van der Waals surface area contributed by atoms with Crippen molar-refractivity contribution in [3.8, 4) is 0 Å². The lowest BCUT2D eigenvalue weighted by Crippen LogP contribution is -2.43. The molecule has 1 aliphatic rings. The topological polar surface area (TPSA) is 70.6 Å². The highest BCUT2D eigenvalue weighted by atomic mass is 35.5. The molecule has 2 aromatic rings. The van der Waals surface area contributed by atoms with E-state index in [0.717, 1.165) is 16.8 Å². The number of fused-ring (bicyclic) bond motifs is 1. The molecule has 150 valence electrons. The fourth-order valence-electron chi connectivity index (χ4n) is 3.26. The predicted molar refractivity (Wildman–Crippen MR) is 118 cm³/mol. The second-order valence-electron chi connectivity index (χ2n) is 7.06. The fourth-order valence-corrected chi connectivity index (χ4v) is 3.43. The number of hydrogen-bond acceptors (Lipinski definition) is 3. The first-order chi connectivity index (χ1) is 14.0. The van der Waals surface area contributed by atoms with E-state index < -0.39 is 6.04 Å². The van der Waals surface area contributed by atoms with Crippen molar-refractivity contribution in [1.82, 2.24) is 5.32 Å². The Kier molecular flexibility index (Phi) is 6.83. The average molecular weight is 410 g/mol. The number of amides is 2. The Bertz CT molecular complexity index is 967. The number of carbonyl (C=O) groups excluding carboxylic acids is 2. The molecule has 0 bridgehead atoms. The van der Waals surface area contributed by atoms with Crippen LogP contribution in [0.5, 0.6) is 0 Å². The van der Waals surface area contributed by atoms with Gasteiger partial charge in [-0.05, 0) is 49.1 Å². The highest BCUT2D eigenvalue weighted by molar-refractivity contribution is 6.31. The molecule has 0 radical (unpaired) electrons. The van der Waals surface area contributed by atoms with Gasteiger partial charge in [0.05, 0.1) is 0 Å². The normalized spacial score (nSPS) is 17.2. The summed E-state index contributed by atoms with van der Waals surface area (Å²) in [5, 5.41) is 6.27. The number of aliphatic imine (C=N–C) groups is 1. The van der Waals surface area contributed by atoms with E-state index in [1.165, 1.54) is 0 Å². The Morgan fingerprint density at radius 3 is 2.76 bits per heavy atom. The van der Waals surface area contributed by atoms with Crippen molar-refractivity contribution >= 4 is 34.8 Å². The van der Waals surface area contributed by atoms with Gasteiger partial charge in [-0.1, -0.05) is 48.0 Å². The molecule has 29 heavy (non-hydrogen) atoms. The van der Waals surface area contributed by atoms with Crippen molar-refractivity contribution < 1.29 is 9.59 Å². The quantitative estimate of drug-likeness (QED) is 0.579. The van der Waals surface area contributed by atoms with Crippen molar-refractivity contribution in [2.24, 2.45) is 4.99 Å². The van der Waals surface area contributed by atoms with Crippen LogP contribution >= 0.6 is 11.6 Å². The van der Waals surface area contributed by atoms with Gasteiger partial charge in [-0.25, -0.2) is 0 Å². The number of benzene rings is 2. The predicted octanol–water partition coefficient (Wildman–Crippen LogP) is 3.97. The summed E-state index contributed by atoms with van der Waals surface area (Å²) in [6.07, 6.45) is 3.61. The molecule has 0 saturated carbocycles. The van der Waals surface area contributed by atoms with Gasteiger partial charge >= 0.3 is 0 Å². The molecule has 5 nitrogen and oxygen atoms in total. The first kappa shape index (κ1) is 20.8. The van der Waals surface area contributed by atoms with Gasteiger partial charge in [0.2, 0.25) is 11.8 Å². The largest absolute Gasteiger partial charge is 0.341 e. The van der Waals surface area contributed by atoms with E-state index in [1.807, 2.05) is 36.4 Å². The van der Waals surface area contributed by atoms with Crippen molar-refractivity contribution in [2.75, 3.05) is 12.4 Å². The molecular weight excluding hydrogens is 386 g/mol. The molecule has 0 spiro atoms. The molecule has 0 aliphatic carbocycles. The Labute approximate surface area is 175 Å². The number of halogens is 1. The van der Waals surface area contributed by atoms with Crippen LogP contribution < -0.4 is 10.6 Å². The second-order valence-corrected chi connectivity index (χ2v) is 7.50. The third-order valence-corrected chi connectivity index (χ3v) is 5.15. The number of nitrogens with zero attached hydrogens (tertiary/aromatic N) is 1. The summed E-state index contributed by atoms with van der Waals surface area (Å²) < 4.78 is 0. The van der Waals surface area contributed by atoms with Gasteiger partial charge in [0, 0.05) is 35.5 Å². The Hall–Kier alpha value is -2.92. The van der Waals surface area contributed by atoms with Crippen LogP contribution in [-0.2, 0) is 22.4 Å². The molecule has 1 atom stereocenters. The molecule has 2 amide bonds. The van der Waals surface area contributed by atoms with E-state index in [9.17, 15) is 9.59 Å². The minimum atomic E-state index is -0.604. The molecule has 6 heteroatoms. The average Bonchev–Trinajstić information content (AvgIpc) is 2.86. The molecule has 2 aromatic carbocycles. The van der Waals surface area contributed by atoms with E-state index in [1.54, 1.807) is 32.2 Å². The number of nitrogens with one attached hydrogen (secondary N) is 2. The summed E-state index contributed by atoms with van der Waals surface area (Å²) in [5.74, 6) is -0.510. The Morgan fingerprint density at radius 1 is 1.28 bits per heavy atom. The van der Waals surface area contributed by atoms with Gasteiger partial charge in [0.15, 0.2) is 0 Å². The van der Waals surface area contributed by atoms with Crippen molar-refractivity contribution in [2.45, 2.75) is 32.2 Å². The Balaban J connectivity index is 1.66. The van der Waals surface area contributed by atoms with Crippen molar-refractivity contribution in [3.63, 3.8) is 0 Å². The molecule has 2 N–H and O–H groups in total. The van der Waals surface area contributed by atoms with E-state index in [0.29, 0.717) is 35.5 Å². The summed E-state index contributed by atoms with van der Waals surface area (Å²) in [6, 6.07) is 14.8. The summed E-state index contributed by atoms with van der Waals surface area (Å²) in [7, 11) is 1.71. The molecule has 0 aromatic heterocycles. The molecule has 0 unspecified atom stereocenters. The summed E-state index contributed by atoms with van der Waals surface area (Å²) in [4.78, 5) is 29.5. The SMILES string of the molecule is CN=C(/C=C(\C)C(=O)N[C@H]1CCc2ccc(Cl)cc2NC1=O)Cc1ccccc1. The first-order valence-electron chi connectivity index (χ1n) is 9.54. The molecule has 1 heterocycles. The molecule has 0 saturated heterocycles. The van der Waals surface area contributed by atoms with Crippen molar-refractivity contribution in [3.05, 3.63) is 76.3 Å². The molecule has 3 rings (SSSR count). The lowest BCUT2D eigenvalue weighted by atomic mass is 10.0. The number of aryl methyl sites for hydroxylation is 1. The zero-order valence-corrected chi connectivity index (χ0v) is 17.3.